The van der Waals surface area contributed by atoms with Crippen LogP contribution in [0.3, 0.4) is 0 Å². The van der Waals surface area contributed by atoms with Crippen LogP contribution >= 0.6 is 11.6 Å². The lowest BCUT2D eigenvalue weighted by molar-refractivity contribution is 0.218. The number of nitrogens with zero attached hydrogens (tertiary/aromatic N) is 3. The van der Waals surface area contributed by atoms with Crippen molar-refractivity contribution in [3.63, 3.8) is 0 Å². The molecule has 16 heteroatoms. The minimum atomic E-state index is -5.44. The third kappa shape index (κ3) is 5.89. The highest BCUT2D eigenvalue weighted by Gasteiger charge is 2.34. The van der Waals surface area contributed by atoms with E-state index in [-0.39, 0.29) is 27.7 Å². The molecule has 0 unspecified atom stereocenters. The van der Waals surface area contributed by atoms with Gasteiger partial charge in [0.05, 0.1) is 10.9 Å². The maximum Gasteiger partial charge on any atom is 0.360 e. The zero-order chi connectivity index (χ0) is 33.9. The lowest BCUT2D eigenvalue weighted by Gasteiger charge is -2.20. The molecule has 9 nitrogen and oxygen atoms in total. The Morgan fingerprint density at radius 3 is 2.19 bits per heavy atom. The van der Waals surface area contributed by atoms with Crippen LogP contribution in [0.2, 0.25) is 5.15 Å². The van der Waals surface area contributed by atoms with Gasteiger partial charge < -0.3 is 13.3 Å². The lowest BCUT2D eigenvalue weighted by Crippen LogP contribution is -2.18. The summed E-state index contributed by atoms with van der Waals surface area (Å²) in [5.41, 5.74) is 1.41. The fourth-order valence-electron chi connectivity index (χ4n) is 4.89. The molecule has 1 aliphatic rings. The fraction of sp³-hybridized carbons (Fsp3) is 0.226. The van der Waals surface area contributed by atoms with Gasteiger partial charge >= 0.3 is 10.1 Å². The molecule has 0 N–H and O–H groups in total. The first-order valence-electron chi connectivity index (χ1n) is 13.9. The van der Waals surface area contributed by atoms with E-state index in [1.807, 2.05) is 0 Å². The van der Waals surface area contributed by atoms with Crippen molar-refractivity contribution >= 4 is 32.7 Å². The molecule has 244 valence electrons. The van der Waals surface area contributed by atoms with Gasteiger partial charge in [-0.15, -0.1) is 0 Å². The summed E-state index contributed by atoms with van der Waals surface area (Å²) in [5.74, 6) is -13.9. The third-order valence-electron chi connectivity index (χ3n) is 7.40. The van der Waals surface area contributed by atoms with Gasteiger partial charge in [-0.3, -0.25) is 4.79 Å². The number of aromatic nitrogens is 3. The second kappa shape index (κ2) is 11.9. The van der Waals surface area contributed by atoms with E-state index >= 15 is 0 Å². The van der Waals surface area contributed by atoms with E-state index in [2.05, 4.69) is 19.1 Å². The molecular formula is C31H21ClF5N3O6S. The van der Waals surface area contributed by atoms with Crippen molar-refractivity contribution in [3.8, 4) is 22.8 Å². The molecular weight excluding hydrogens is 673 g/mol. The molecule has 6 rings (SSSR count). The van der Waals surface area contributed by atoms with Crippen LogP contribution in [0.25, 0.3) is 22.3 Å². The Hall–Kier alpha value is -4.63. The number of aryl methyl sites for hydroxylation is 1. The molecule has 5 aromatic rings. The standard InChI is InChI=1S/C31H21ClF5N3O6S/c1-12-8-17(28-18(9-12)26(41)13(2)27(45-28)16-10-38-30(39-11-16)15-4-5-15)14(3)44-19-6-7-20(32)40-31(19)47(42,43)46-29-24(36)22(34)21(33)23(35)25(29)37/h6-11,14-15H,4-5H2,1-3H3/t14-/m1/s1. The topological polar surface area (TPSA) is 121 Å². The largest absolute Gasteiger partial charge is 0.483 e. The zero-order valence-corrected chi connectivity index (χ0v) is 26.1. The van der Waals surface area contributed by atoms with E-state index in [9.17, 15) is 35.2 Å². The molecule has 1 saturated carbocycles. The average Bonchev–Trinajstić information content (AvgIpc) is 3.89. The molecule has 0 spiro atoms. The van der Waals surface area contributed by atoms with Gasteiger partial charge in [-0.2, -0.15) is 17.2 Å². The Morgan fingerprint density at radius 2 is 1.57 bits per heavy atom. The Bertz CT molecular complexity index is 2240. The summed E-state index contributed by atoms with van der Waals surface area (Å²) in [6, 6.07) is 5.41. The van der Waals surface area contributed by atoms with E-state index in [1.165, 1.54) is 6.92 Å². The minimum absolute atomic E-state index is 0.101. The number of rotatable bonds is 8. The predicted molar refractivity (Wildman–Crippen MR) is 157 cm³/mol. The lowest BCUT2D eigenvalue weighted by atomic mass is 10.0. The second-order valence-corrected chi connectivity index (χ2v) is 12.7. The highest BCUT2D eigenvalue weighted by atomic mass is 35.5. The van der Waals surface area contributed by atoms with Gasteiger partial charge in [0.25, 0.3) is 0 Å². The molecule has 1 atom stereocenters. The number of hydrogen-bond donors (Lipinski definition) is 0. The van der Waals surface area contributed by atoms with Crippen LogP contribution in [0.15, 0.2) is 50.9 Å². The Morgan fingerprint density at radius 1 is 0.957 bits per heavy atom. The molecule has 0 amide bonds. The number of fused-ring (bicyclic) bond motifs is 1. The number of benzene rings is 2. The molecule has 47 heavy (non-hydrogen) atoms. The number of halogens is 6. The van der Waals surface area contributed by atoms with Crippen molar-refractivity contribution in [2.75, 3.05) is 0 Å². The average molecular weight is 694 g/mol. The Labute approximate surface area is 268 Å². The Balaban J connectivity index is 1.41. The van der Waals surface area contributed by atoms with E-state index < -0.39 is 67.0 Å². The van der Waals surface area contributed by atoms with Crippen molar-refractivity contribution in [3.05, 3.63) is 104 Å². The van der Waals surface area contributed by atoms with Gasteiger partial charge in [0.15, 0.2) is 11.2 Å². The molecule has 3 aromatic heterocycles. The second-order valence-electron chi connectivity index (χ2n) is 10.9. The van der Waals surface area contributed by atoms with Crippen LogP contribution in [-0.2, 0) is 10.1 Å². The molecule has 0 radical (unpaired) electrons. The molecule has 1 fully saturated rings. The first-order valence-corrected chi connectivity index (χ1v) is 15.7. The van der Waals surface area contributed by atoms with E-state index in [0.717, 1.165) is 25.0 Å². The maximum absolute atomic E-state index is 14.3. The fourth-order valence-corrected chi connectivity index (χ4v) is 6.10. The third-order valence-corrected chi connectivity index (χ3v) is 8.76. The Kier molecular flexibility index (Phi) is 8.16. The molecule has 2 aromatic carbocycles. The predicted octanol–water partition coefficient (Wildman–Crippen LogP) is 7.40. The molecule has 0 aliphatic heterocycles. The minimum Gasteiger partial charge on any atom is -0.483 e. The van der Waals surface area contributed by atoms with Gasteiger partial charge in [0, 0.05) is 29.4 Å². The molecule has 1 aliphatic carbocycles. The first-order chi connectivity index (χ1) is 22.2. The van der Waals surface area contributed by atoms with Gasteiger partial charge in [0.2, 0.25) is 39.9 Å². The summed E-state index contributed by atoms with van der Waals surface area (Å²) in [4.78, 5) is 25.9. The van der Waals surface area contributed by atoms with Crippen molar-refractivity contribution in [2.45, 2.75) is 50.7 Å². The van der Waals surface area contributed by atoms with Crippen molar-refractivity contribution in [2.24, 2.45) is 0 Å². The van der Waals surface area contributed by atoms with Crippen LogP contribution in [0, 0.1) is 42.9 Å². The van der Waals surface area contributed by atoms with Gasteiger partial charge in [-0.25, -0.2) is 28.1 Å². The summed E-state index contributed by atoms with van der Waals surface area (Å²) in [6.45, 7) is 4.79. The van der Waals surface area contributed by atoms with Crippen molar-refractivity contribution in [1.29, 1.82) is 0 Å². The number of ether oxygens (including phenoxy) is 1. The van der Waals surface area contributed by atoms with Crippen molar-refractivity contribution in [1.82, 2.24) is 15.0 Å². The molecule has 0 saturated heterocycles. The maximum atomic E-state index is 14.3. The number of pyridine rings is 1. The molecule has 3 heterocycles. The monoisotopic (exact) mass is 693 g/mol. The van der Waals surface area contributed by atoms with Gasteiger partial charge in [0.1, 0.15) is 28.4 Å². The summed E-state index contributed by atoms with van der Waals surface area (Å²) >= 11 is 5.89. The van der Waals surface area contributed by atoms with Crippen LogP contribution in [0.5, 0.6) is 11.5 Å². The highest BCUT2D eigenvalue weighted by molar-refractivity contribution is 7.87. The van der Waals surface area contributed by atoms with Crippen molar-refractivity contribution < 1.29 is 43.7 Å². The van der Waals surface area contributed by atoms with Crippen LogP contribution in [0.4, 0.5) is 22.0 Å². The van der Waals surface area contributed by atoms with E-state index in [1.54, 1.807) is 38.4 Å². The quantitative estimate of drug-likeness (QED) is 0.0538. The summed E-state index contributed by atoms with van der Waals surface area (Å²) in [6.07, 6.45) is 4.02. The summed E-state index contributed by atoms with van der Waals surface area (Å²) in [7, 11) is -5.44. The normalized spacial score (nSPS) is 14.0. The number of hydrogen-bond acceptors (Lipinski definition) is 9. The van der Waals surface area contributed by atoms with E-state index in [4.69, 9.17) is 20.8 Å². The van der Waals surface area contributed by atoms with Crippen LogP contribution in [0.1, 0.15) is 54.3 Å². The summed E-state index contributed by atoms with van der Waals surface area (Å²) < 4.78 is 112. The van der Waals surface area contributed by atoms with Crippen LogP contribution in [-0.4, -0.2) is 23.4 Å². The van der Waals surface area contributed by atoms with Gasteiger partial charge in [-0.05, 0) is 63.4 Å². The SMILES string of the molecule is Cc1cc([C@@H](C)Oc2ccc(Cl)nc2S(=O)(=O)Oc2c(F)c(F)c(F)c(F)c2F)c2oc(-c3cnc(C4CC4)nc3)c(C)c(=O)c2c1. The first kappa shape index (κ1) is 32.3. The van der Waals surface area contributed by atoms with E-state index in [0.29, 0.717) is 28.4 Å². The highest BCUT2D eigenvalue weighted by Crippen LogP contribution is 2.39. The molecule has 0 bridgehead atoms. The van der Waals surface area contributed by atoms with Gasteiger partial charge in [-0.1, -0.05) is 11.6 Å². The summed E-state index contributed by atoms with van der Waals surface area (Å²) in [5, 5.41) is -1.38. The zero-order valence-electron chi connectivity index (χ0n) is 24.5. The smallest absolute Gasteiger partial charge is 0.360 e. The van der Waals surface area contributed by atoms with Crippen LogP contribution < -0.4 is 14.3 Å².